The highest BCUT2D eigenvalue weighted by Crippen LogP contribution is 2.22. The third kappa shape index (κ3) is 2.57. The van der Waals surface area contributed by atoms with Crippen molar-refractivity contribution in [1.82, 2.24) is 9.97 Å². The summed E-state index contributed by atoms with van der Waals surface area (Å²) in [6.07, 6.45) is 4.63. The van der Waals surface area contributed by atoms with E-state index < -0.39 is 5.97 Å². The van der Waals surface area contributed by atoms with Gasteiger partial charge in [0, 0.05) is 12.4 Å². The van der Waals surface area contributed by atoms with Gasteiger partial charge in [-0.15, -0.1) is 0 Å². The first-order valence-electron chi connectivity index (χ1n) is 5.14. The van der Waals surface area contributed by atoms with Crippen LogP contribution in [0, 0.1) is 6.92 Å². The third-order valence-electron chi connectivity index (χ3n) is 2.39. The zero-order valence-corrected chi connectivity index (χ0v) is 10.3. The van der Waals surface area contributed by atoms with E-state index in [2.05, 4.69) is 15.3 Å². The van der Waals surface area contributed by atoms with Gasteiger partial charge in [-0.3, -0.25) is 4.98 Å². The second-order valence-electron chi connectivity index (χ2n) is 3.67. The molecule has 2 aromatic rings. The van der Waals surface area contributed by atoms with Gasteiger partial charge in [0.2, 0.25) is 0 Å². The molecule has 2 heterocycles. The topological polar surface area (TPSA) is 75.1 Å². The standard InChI is InChI=1S/C12H10ClN3O2/c1-7-2-3-14-6-10(7)16-11-4-8(12(17)18)9(13)5-15-11/h2-6H,1H3,(H,15,16)(H,17,18). The fourth-order valence-electron chi connectivity index (χ4n) is 1.40. The Morgan fingerprint density at radius 1 is 1.44 bits per heavy atom. The van der Waals surface area contributed by atoms with Crippen molar-refractivity contribution >= 4 is 29.1 Å². The highest BCUT2D eigenvalue weighted by molar-refractivity contribution is 6.33. The first kappa shape index (κ1) is 12.3. The van der Waals surface area contributed by atoms with E-state index in [1.807, 2.05) is 13.0 Å². The van der Waals surface area contributed by atoms with E-state index >= 15 is 0 Å². The molecule has 0 bridgehead atoms. The van der Waals surface area contributed by atoms with Gasteiger partial charge in [0.05, 0.1) is 22.5 Å². The number of halogens is 1. The van der Waals surface area contributed by atoms with Gasteiger partial charge in [-0.2, -0.15) is 0 Å². The number of hydrogen-bond donors (Lipinski definition) is 2. The number of carbonyl (C=O) groups is 1. The van der Waals surface area contributed by atoms with Crippen LogP contribution < -0.4 is 5.32 Å². The van der Waals surface area contributed by atoms with Crippen molar-refractivity contribution in [3.8, 4) is 0 Å². The summed E-state index contributed by atoms with van der Waals surface area (Å²) < 4.78 is 0. The summed E-state index contributed by atoms with van der Waals surface area (Å²) in [5, 5.41) is 12.1. The van der Waals surface area contributed by atoms with E-state index in [9.17, 15) is 4.79 Å². The first-order chi connectivity index (χ1) is 8.58. The number of pyridine rings is 2. The molecule has 0 aliphatic heterocycles. The molecular weight excluding hydrogens is 254 g/mol. The van der Waals surface area contributed by atoms with Crippen LogP contribution in [0.15, 0.2) is 30.7 Å². The molecule has 0 amide bonds. The molecule has 18 heavy (non-hydrogen) atoms. The Bertz CT molecular complexity index is 602. The van der Waals surface area contributed by atoms with Gasteiger partial charge in [-0.25, -0.2) is 9.78 Å². The van der Waals surface area contributed by atoms with Crippen molar-refractivity contribution in [2.75, 3.05) is 5.32 Å². The monoisotopic (exact) mass is 263 g/mol. The first-order valence-corrected chi connectivity index (χ1v) is 5.52. The Labute approximate surface area is 108 Å². The van der Waals surface area contributed by atoms with Crippen LogP contribution >= 0.6 is 11.6 Å². The molecule has 0 aliphatic carbocycles. The normalized spacial score (nSPS) is 10.1. The molecule has 2 N–H and O–H groups in total. The molecule has 2 aromatic heterocycles. The Balaban J connectivity index is 2.33. The van der Waals surface area contributed by atoms with Crippen LogP contribution in [-0.2, 0) is 0 Å². The van der Waals surface area contributed by atoms with Crippen molar-refractivity contribution in [2.24, 2.45) is 0 Å². The van der Waals surface area contributed by atoms with E-state index in [1.165, 1.54) is 12.3 Å². The molecule has 0 aliphatic rings. The largest absolute Gasteiger partial charge is 0.478 e. The predicted octanol–water partition coefficient (Wildman–Crippen LogP) is 2.88. The van der Waals surface area contributed by atoms with Gasteiger partial charge in [0.1, 0.15) is 5.82 Å². The van der Waals surface area contributed by atoms with Crippen LogP contribution in [0.4, 0.5) is 11.5 Å². The number of rotatable bonds is 3. The SMILES string of the molecule is Cc1ccncc1Nc1cc(C(=O)O)c(Cl)cn1. The highest BCUT2D eigenvalue weighted by Gasteiger charge is 2.10. The smallest absolute Gasteiger partial charge is 0.337 e. The highest BCUT2D eigenvalue weighted by atomic mass is 35.5. The minimum absolute atomic E-state index is 0.00992. The number of aromatic nitrogens is 2. The van der Waals surface area contributed by atoms with Gasteiger partial charge in [0.15, 0.2) is 0 Å². The maximum Gasteiger partial charge on any atom is 0.337 e. The van der Waals surface area contributed by atoms with E-state index in [0.717, 1.165) is 11.3 Å². The Hall–Kier alpha value is -2.14. The average molecular weight is 264 g/mol. The van der Waals surface area contributed by atoms with Gasteiger partial charge in [-0.05, 0) is 24.6 Å². The van der Waals surface area contributed by atoms with E-state index in [0.29, 0.717) is 5.82 Å². The zero-order valence-electron chi connectivity index (χ0n) is 9.51. The van der Waals surface area contributed by atoms with Crippen molar-refractivity contribution in [2.45, 2.75) is 6.92 Å². The molecule has 5 nitrogen and oxygen atoms in total. The quantitative estimate of drug-likeness (QED) is 0.891. The van der Waals surface area contributed by atoms with Gasteiger partial charge in [-0.1, -0.05) is 11.6 Å². The van der Waals surface area contributed by atoms with Gasteiger partial charge < -0.3 is 10.4 Å². The second kappa shape index (κ2) is 5.01. The molecule has 0 spiro atoms. The maximum atomic E-state index is 10.9. The number of anilines is 2. The summed E-state index contributed by atoms with van der Waals surface area (Å²) in [7, 11) is 0. The molecule has 0 aromatic carbocycles. The minimum atomic E-state index is -1.09. The lowest BCUT2D eigenvalue weighted by Crippen LogP contribution is -2.02. The van der Waals surface area contributed by atoms with E-state index in [4.69, 9.17) is 16.7 Å². The summed E-state index contributed by atoms with van der Waals surface area (Å²) >= 11 is 5.74. The molecule has 0 saturated heterocycles. The van der Waals surface area contributed by atoms with Crippen LogP contribution in [0.25, 0.3) is 0 Å². The van der Waals surface area contributed by atoms with Crippen LogP contribution in [0.2, 0.25) is 5.02 Å². The summed E-state index contributed by atoms with van der Waals surface area (Å²) in [5.74, 6) is -0.679. The molecule has 92 valence electrons. The molecule has 2 rings (SSSR count). The van der Waals surface area contributed by atoms with Crippen molar-refractivity contribution < 1.29 is 9.90 Å². The molecule has 0 fully saturated rings. The molecule has 0 unspecified atom stereocenters. The zero-order chi connectivity index (χ0) is 13.1. The number of carboxylic acid groups (broad SMARTS) is 1. The fraction of sp³-hybridized carbons (Fsp3) is 0.0833. The van der Waals surface area contributed by atoms with Crippen molar-refractivity contribution in [1.29, 1.82) is 0 Å². The number of nitrogens with one attached hydrogen (secondary N) is 1. The molecule has 0 atom stereocenters. The average Bonchev–Trinajstić information content (AvgIpc) is 2.34. The van der Waals surface area contributed by atoms with Crippen LogP contribution in [0.5, 0.6) is 0 Å². The molecule has 0 radical (unpaired) electrons. The Morgan fingerprint density at radius 3 is 2.89 bits per heavy atom. The molecule has 0 saturated carbocycles. The summed E-state index contributed by atoms with van der Waals surface area (Å²) in [4.78, 5) is 18.9. The third-order valence-corrected chi connectivity index (χ3v) is 2.69. The lowest BCUT2D eigenvalue weighted by Gasteiger charge is -2.08. The van der Waals surface area contributed by atoms with Crippen LogP contribution in [0.1, 0.15) is 15.9 Å². The van der Waals surface area contributed by atoms with Gasteiger partial charge in [0.25, 0.3) is 0 Å². The lowest BCUT2D eigenvalue weighted by molar-refractivity contribution is 0.0697. The summed E-state index contributed by atoms with van der Waals surface area (Å²) in [6, 6.07) is 3.23. The number of nitrogens with zero attached hydrogens (tertiary/aromatic N) is 2. The summed E-state index contributed by atoms with van der Waals surface area (Å²) in [6.45, 7) is 1.91. The van der Waals surface area contributed by atoms with Gasteiger partial charge >= 0.3 is 5.97 Å². The second-order valence-corrected chi connectivity index (χ2v) is 4.08. The number of aromatic carboxylic acids is 1. The molecular formula is C12H10ClN3O2. The lowest BCUT2D eigenvalue weighted by atomic mass is 10.2. The van der Waals surface area contributed by atoms with Crippen molar-refractivity contribution in [3.05, 3.63) is 46.9 Å². The van der Waals surface area contributed by atoms with Crippen molar-refractivity contribution in [3.63, 3.8) is 0 Å². The van der Waals surface area contributed by atoms with Crippen LogP contribution in [0.3, 0.4) is 0 Å². The number of hydrogen-bond acceptors (Lipinski definition) is 4. The van der Waals surface area contributed by atoms with E-state index in [1.54, 1.807) is 12.4 Å². The Morgan fingerprint density at radius 2 is 2.22 bits per heavy atom. The summed E-state index contributed by atoms with van der Waals surface area (Å²) in [5.41, 5.74) is 1.76. The minimum Gasteiger partial charge on any atom is -0.478 e. The number of aryl methyl sites for hydroxylation is 1. The van der Waals surface area contributed by atoms with Crippen LogP contribution in [-0.4, -0.2) is 21.0 Å². The predicted molar refractivity (Wildman–Crippen MR) is 68.5 cm³/mol. The fourth-order valence-corrected chi connectivity index (χ4v) is 1.59. The maximum absolute atomic E-state index is 10.9. The Kier molecular flexibility index (Phi) is 3.43. The van der Waals surface area contributed by atoms with E-state index in [-0.39, 0.29) is 10.6 Å². The molecule has 6 heteroatoms. The number of carboxylic acids is 1.